The summed E-state index contributed by atoms with van der Waals surface area (Å²) < 4.78 is 0. The third-order valence-electron chi connectivity index (χ3n) is 2.84. The number of carboxylic acid groups (broad SMARTS) is 1. The average Bonchev–Trinajstić information content (AvgIpc) is 2.30. The van der Waals surface area contributed by atoms with Crippen LogP contribution in [0, 0.1) is 0 Å². The maximum Gasteiger partial charge on any atom is 0.337 e. The Hall–Kier alpha value is -1.48. The summed E-state index contributed by atoms with van der Waals surface area (Å²) in [6.07, 6.45) is 7.51. The molecule has 0 bridgehead atoms. The first-order valence-corrected chi connectivity index (χ1v) is 5.99. The van der Waals surface area contributed by atoms with E-state index in [0.717, 1.165) is 24.9 Å². The van der Waals surface area contributed by atoms with Crippen molar-refractivity contribution in [1.82, 2.24) is 0 Å². The monoisotopic (exact) mass is 251 g/mol. The van der Waals surface area contributed by atoms with E-state index in [4.69, 9.17) is 16.7 Å². The van der Waals surface area contributed by atoms with Crippen LogP contribution in [0.2, 0.25) is 5.02 Å². The third-order valence-corrected chi connectivity index (χ3v) is 3.15. The summed E-state index contributed by atoms with van der Waals surface area (Å²) in [6.45, 7) is 0. The number of allylic oxidation sites excluding steroid dienone is 1. The van der Waals surface area contributed by atoms with Gasteiger partial charge in [0.25, 0.3) is 0 Å². The summed E-state index contributed by atoms with van der Waals surface area (Å²) >= 11 is 5.91. The number of aromatic carboxylic acids is 1. The van der Waals surface area contributed by atoms with Crippen molar-refractivity contribution in [3.05, 3.63) is 40.9 Å². The van der Waals surface area contributed by atoms with Crippen LogP contribution in [-0.4, -0.2) is 17.1 Å². The molecule has 0 spiro atoms. The molecule has 3 nitrogen and oxygen atoms in total. The zero-order valence-electron chi connectivity index (χ0n) is 9.32. The van der Waals surface area contributed by atoms with Gasteiger partial charge in [-0.3, -0.25) is 0 Å². The van der Waals surface area contributed by atoms with E-state index >= 15 is 0 Å². The Labute approximate surface area is 105 Å². The Balaban J connectivity index is 2.09. The Bertz CT molecular complexity index is 457. The maximum atomic E-state index is 10.8. The van der Waals surface area contributed by atoms with Gasteiger partial charge in [-0.1, -0.05) is 23.8 Å². The molecule has 0 aromatic heterocycles. The molecule has 1 aromatic rings. The van der Waals surface area contributed by atoms with Crippen molar-refractivity contribution in [2.45, 2.75) is 25.3 Å². The van der Waals surface area contributed by atoms with E-state index in [-0.39, 0.29) is 10.6 Å². The van der Waals surface area contributed by atoms with Crippen molar-refractivity contribution in [1.29, 1.82) is 0 Å². The van der Waals surface area contributed by atoms with Gasteiger partial charge in [-0.05, 0) is 37.5 Å². The van der Waals surface area contributed by atoms with Crippen LogP contribution >= 0.6 is 11.6 Å². The second-order valence-electron chi connectivity index (χ2n) is 4.13. The second-order valence-corrected chi connectivity index (χ2v) is 4.53. The molecule has 2 N–H and O–H groups in total. The highest BCUT2D eigenvalue weighted by molar-refractivity contribution is 6.33. The lowest BCUT2D eigenvalue weighted by Gasteiger charge is -2.20. The number of hydrogen-bond donors (Lipinski definition) is 2. The first kappa shape index (κ1) is 12.0. The van der Waals surface area contributed by atoms with Gasteiger partial charge in [0.2, 0.25) is 0 Å². The summed E-state index contributed by atoms with van der Waals surface area (Å²) in [5.74, 6) is -0.998. The molecule has 1 aromatic carbocycles. The average molecular weight is 252 g/mol. The van der Waals surface area contributed by atoms with E-state index < -0.39 is 5.97 Å². The summed E-state index contributed by atoms with van der Waals surface area (Å²) in [4.78, 5) is 10.8. The Morgan fingerprint density at radius 3 is 2.82 bits per heavy atom. The summed E-state index contributed by atoms with van der Waals surface area (Å²) in [5.41, 5.74) is 1.01. The van der Waals surface area contributed by atoms with E-state index in [1.807, 2.05) is 0 Å². The fraction of sp³-hybridized carbons (Fsp3) is 0.308. The first-order valence-electron chi connectivity index (χ1n) is 5.61. The third kappa shape index (κ3) is 3.01. The zero-order valence-corrected chi connectivity index (χ0v) is 10.1. The zero-order chi connectivity index (χ0) is 12.3. The normalized spacial score (nSPS) is 19.0. The van der Waals surface area contributed by atoms with Crippen LogP contribution in [0.25, 0.3) is 0 Å². The number of rotatable bonds is 3. The molecule has 0 fully saturated rings. The Morgan fingerprint density at radius 2 is 2.24 bits per heavy atom. The van der Waals surface area contributed by atoms with Gasteiger partial charge in [0.05, 0.1) is 10.6 Å². The maximum absolute atomic E-state index is 10.8. The van der Waals surface area contributed by atoms with E-state index in [1.165, 1.54) is 6.07 Å². The number of nitrogens with one attached hydrogen (secondary N) is 1. The molecule has 1 aliphatic carbocycles. The quantitative estimate of drug-likeness (QED) is 0.808. The van der Waals surface area contributed by atoms with Crippen molar-refractivity contribution in [2.24, 2.45) is 0 Å². The smallest absolute Gasteiger partial charge is 0.337 e. The van der Waals surface area contributed by atoms with Crippen molar-refractivity contribution in [2.75, 3.05) is 5.32 Å². The largest absolute Gasteiger partial charge is 0.478 e. The van der Waals surface area contributed by atoms with E-state index in [2.05, 4.69) is 17.5 Å². The van der Waals surface area contributed by atoms with E-state index in [1.54, 1.807) is 12.1 Å². The van der Waals surface area contributed by atoms with Gasteiger partial charge in [0.15, 0.2) is 0 Å². The topological polar surface area (TPSA) is 49.3 Å². The molecule has 2 rings (SSSR count). The van der Waals surface area contributed by atoms with Gasteiger partial charge in [-0.15, -0.1) is 0 Å². The van der Waals surface area contributed by atoms with Crippen molar-refractivity contribution < 1.29 is 9.90 Å². The molecule has 0 heterocycles. The molecular weight excluding hydrogens is 238 g/mol. The van der Waals surface area contributed by atoms with Crippen LogP contribution in [0.4, 0.5) is 5.69 Å². The number of benzene rings is 1. The van der Waals surface area contributed by atoms with Crippen LogP contribution in [-0.2, 0) is 0 Å². The van der Waals surface area contributed by atoms with E-state index in [9.17, 15) is 4.79 Å². The fourth-order valence-corrected chi connectivity index (χ4v) is 2.20. The number of carboxylic acids is 1. The molecule has 1 atom stereocenters. The first-order chi connectivity index (χ1) is 8.16. The minimum atomic E-state index is -0.998. The molecule has 17 heavy (non-hydrogen) atoms. The number of carbonyl (C=O) groups is 1. The van der Waals surface area contributed by atoms with Gasteiger partial charge in [0.1, 0.15) is 0 Å². The van der Waals surface area contributed by atoms with Crippen LogP contribution in [0.5, 0.6) is 0 Å². The number of halogens is 1. The lowest BCUT2D eigenvalue weighted by Crippen LogP contribution is -2.20. The molecular formula is C13H14ClNO2. The molecule has 4 heteroatoms. The highest BCUT2D eigenvalue weighted by Gasteiger charge is 2.12. The number of anilines is 1. The molecule has 1 unspecified atom stereocenters. The molecule has 0 saturated carbocycles. The van der Waals surface area contributed by atoms with Gasteiger partial charge < -0.3 is 10.4 Å². The molecule has 0 aliphatic heterocycles. The molecule has 0 saturated heterocycles. The van der Waals surface area contributed by atoms with Crippen molar-refractivity contribution in [3.63, 3.8) is 0 Å². The van der Waals surface area contributed by atoms with Gasteiger partial charge >= 0.3 is 5.97 Å². The van der Waals surface area contributed by atoms with Gasteiger partial charge in [-0.25, -0.2) is 4.79 Å². The number of hydrogen-bond acceptors (Lipinski definition) is 2. The lowest BCUT2D eigenvalue weighted by molar-refractivity contribution is 0.0697. The molecule has 0 radical (unpaired) electrons. The predicted molar refractivity (Wildman–Crippen MR) is 68.8 cm³/mol. The molecule has 1 aliphatic rings. The SMILES string of the molecule is O=C(O)c1ccc(NC2CC=CCC2)cc1Cl. The molecule has 0 amide bonds. The van der Waals surface area contributed by atoms with Crippen LogP contribution < -0.4 is 5.32 Å². The fourth-order valence-electron chi connectivity index (χ4n) is 1.94. The predicted octanol–water partition coefficient (Wildman–Crippen LogP) is 3.56. The highest BCUT2D eigenvalue weighted by Crippen LogP contribution is 2.23. The Morgan fingerprint density at radius 1 is 1.41 bits per heavy atom. The van der Waals surface area contributed by atoms with Crippen LogP contribution in [0.1, 0.15) is 29.6 Å². The standard InChI is InChI=1S/C13H14ClNO2/c14-12-8-10(6-7-11(12)13(16)17)15-9-4-2-1-3-5-9/h1-2,6-9,15H,3-5H2,(H,16,17). The van der Waals surface area contributed by atoms with Crippen molar-refractivity contribution in [3.8, 4) is 0 Å². The summed E-state index contributed by atoms with van der Waals surface area (Å²) in [7, 11) is 0. The Kier molecular flexibility index (Phi) is 3.69. The lowest BCUT2D eigenvalue weighted by atomic mass is 10.0. The van der Waals surface area contributed by atoms with Crippen LogP contribution in [0.3, 0.4) is 0 Å². The van der Waals surface area contributed by atoms with Gasteiger partial charge in [0, 0.05) is 11.7 Å². The van der Waals surface area contributed by atoms with Crippen molar-refractivity contribution >= 4 is 23.3 Å². The second kappa shape index (κ2) is 5.23. The summed E-state index contributed by atoms with van der Waals surface area (Å²) in [5, 5.41) is 12.5. The van der Waals surface area contributed by atoms with E-state index in [0.29, 0.717) is 6.04 Å². The van der Waals surface area contributed by atoms with Gasteiger partial charge in [-0.2, -0.15) is 0 Å². The summed E-state index contributed by atoms with van der Waals surface area (Å²) in [6, 6.07) is 5.37. The molecule has 90 valence electrons. The highest BCUT2D eigenvalue weighted by atomic mass is 35.5. The van der Waals surface area contributed by atoms with Crippen LogP contribution in [0.15, 0.2) is 30.4 Å². The minimum Gasteiger partial charge on any atom is -0.478 e. The minimum absolute atomic E-state index is 0.140.